The zero-order chi connectivity index (χ0) is 24.1. The van der Waals surface area contributed by atoms with Crippen molar-refractivity contribution in [3.8, 4) is 28.6 Å². The molecule has 1 N–H and O–H groups in total. The first kappa shape index (κ1) is 21.2. The second-order valence-electron chi connectivity index (χ2n) is 9.05. The Labute approximate surface area is 207 Å². The number of ether oxygens (including phenoxy) is 1. The van der Waals surface area contributed by atoms with Crippen molar-refractivity contribution in [3.05, 3.63) is 84.4 Å². The lowest BCUT2D eigenvalue weighted by molar-refractivity contribution is 0.146. The summed E-state index contributed by atoms with van der Waals surface area (Å²) in [5.74, 6) is 1.66. The van der Waals surface area contributed by atoms with E-state index in [9.17, 15) is 4.39 Å². The van der Waals surface area contributed by atoms with Crippen molar-refractivity contribution in [2.75, 3.05) is 32.8 Å². The predicted molar refractivity (Wildman–Crippen MR) is 134 cm³/mol. The van der Waals surface area contributed by atoms with Gasteiger partial charge in [0, 0.05) is 50.2 Å². The van der Waals surface area contributed by atoms with Crippen LogP contribution in [0.2, 0.25) is 0 Å². The van der Waals surface area contributed by atoms with Crippen LogP contribution in [0.5, 0.6) is 5.75 Å². The van der Waals surface area contributed by atoms with Gasteiger partial charge in [-0.15, -0.1) is 0 Å². The molecule has 1 unspecified atom stereocenters. The fraction of sp³-hybridized carbons (Fsp3) is 0.222. The zero-order valence-corrected chi connectivity index (χ0v) is 19.5. The van der Waals surface area contributed by atoms with Gasteiger partial charge in [-0.05, 0) is 36.4 Å². The van der Waals surface area contributed by atoms with Gasteiger partial charge in [-0.3, -0.25) is 9.47 Å². The van der Waals surface area contributed by atoms with Gasteiger partial charge in [0.05, 0.1) is 17.3 Å². The summed E-state index contributed by atoms with van der Waals surface area (Å²) in [6, 6.07) is 18.7. The highest BCUT2D eigenvalue weighted by molar-refractivity contribution is 5.81. The van der Waals surface area contributed by atoms with Gasteiger partial charge in [0.1, 0.15) is 29.5 Å². The van der Waals surface area contributed by atoms with Crippen LogP contribution in [0.15, 0.2) is 73.1 Å². The van der Waals surface area contributed by atoms with E-state index in [4.69, 9.17) is 14.7 Å². The van der Waals surface area contributed by atoms with Crippen molar-refractivity contribution >= 4 is 11.2 Å². The van der Waals surface area contributed by atoms with Crippen LogP contribution in [-0.2, 0) is 0 Å². The molecule has 3 aromatic heterocycles. The molecule has 0 aliphatic carbocycles. The van der Waals surface area contributed by atoms with Gasteiger partial charge in [-0.1, -0.05) is 18.2 Å². The summed E-state index contributed by atoms with van der Waals surface area (Å²) in [7, 11) is 0. The standard InChI is InChI=1S/C27H24FN7O/c28-21-5-2-1-4-19(21)26-31-22-8-9-25(34-13-3-10-30-34)32-27(22)35(26)18-6-7-20-23(17-36-24(20)16-18)33-14-11-29-12-15-33/h1-10,13,16,23,29H,11-12,14-15,17H2. The van der Waals surface area contributed by atoms with E-state index >= 15 is 0 Å². The fourth-order valence-electron chi connectivity index (χ4n) is 5.16. The maximum absolute atomic E-state index is 15.0. The molecule has 2 aromatic carbocycles. The van der Waals surface area contributed by atoms with Gasteiger partial charge >= 0.3 is 0 Å². The highest BCUT2D eigenvalue weighted by Crippen LogP contribution is 2.39. The Morgan fingerprint density at radius 3 is 2.69 bits per heavy atom. The van der Waals surface area contributed by atoms with E-state index in [-0.39, 0.29) is 11.9 Å². The van der Waals surface area contributed by atoms with Gasteiger partial charge < -0.3 is 10.1 Å². The van der Waals surface area contributed by atoms with Crippen molar-refractivity contribution in [3.63, 3.8) is 0 Å². The van der Waals surface area contributed by atoms with Crippen LogP contribution in [0.4, 0.5) is 4.39 Å². The lowest BCUT2D eigenvalue weighted by Gasteiger charge is -2.31. The van der Waals surface area contributed by atoms with Crippen LogP contribution in [0.1, 0.15) is 11.6 Å². The zero-order valence-electron chi connectivity index (χ0n) is 19.5. The maximum Gasteiger partial charge on any atom is 0.167 e. The molecule has 0 spiro atoms. The smallest absolute Gasteiger partial charge is 0.167 e. The predicted octanol–water partition coefficient (Wildman–Crippen LogP) is 3.75. The summed E-state index contributed by atoms with van der Waals surface area (Å²) in [4.78, 5) is 12.1. The number of hydrogen-bond acceptors (Lipinski definition) is 6. The van der Waals surface area contributed by atoms with Crippen LogP contribution in [-0.4, -0.2) is 62.0 Å². The van der Waals surface area contributed by atoms with Gasteiger partial charge in [0.2, 0.25) is 0 Å². The number of nitrogens with zero attached hydrogens (tertiary/aromatic N) is 6. The first-order valence-electron chi connectivity index (χ1n) is 12.1. The Balaban J connectivity index is 1.39. The SMILES string of the molecule is Fc1ccccc1-c1nc2ccc(-n3cccn3)nc2n1-c1ccc2c(c1)OCC2N1CCNCC1. The number of rotatable bonds is 4. The largest absolute Gasteiger partial charge is 0.491 e. The molecule has 8 nitrogen and oxygen atoms in total. The third-order valence-electron chi connectivity index (χ3n) is 6.95. The molecule has 1 atom stereocenters. The number of piperazine rings is 1. The third-order valence-corrected chi connectivity index (χ3v) is 6.95. The Bertz CT molecular complexity index is 1560. The summed E-state index contributed by atoms with van der Waals surface area (Å²) in [6.45, 7) is 4.60. The number of aromatic nitrogens is 5. The number of imidazole rings is 1. The first-order valence-corrected chi connectivity index (χ1v) is 12.1. The van der Waals surface area contributed by atoms with E-state index < -0.39 is 0 Å². The minimum absolute atomic E-state index is 0.242. The molecule has 5 heterocycles. The van der Waals surface area contributed by atoms with Crippen molar-refractivity contribution in [2.24, 2.45) is 0 Å². The van der Waals surface area contributed by atoms with Gasteiger partial charge in [0.25, 0.3) is 0 Å². The number of benzene rings is 2. The Hall–Kier alpha value is -4.08. The van der Waals surface area contributed by atoms with Crippen LogP contribution >= 0.6 is 0 Å². The summed E-state index contributed by atoms with van der Waals surface area (Å²) < 4.78 is 24.7. The van der Waals surface area contributed by atoms with Crippen molar-refractivity contribution < 1.29 is 9.13 Å². The number of fused-ring (bicyclic) bond motifs is 2. The van der Waals surface area contributed by atoms with E-state index in [0.29, 0.717) is 35.0 Å². The number of pyridine rings is 1. The van der Waals surface area contributed by atoms with Gasteiger partial charge in [-0.2, -0.15) is 5.10 Å². The molecule has 0 bridgehead atoms. The third kappa shape index (κ3) is 3.47. The van der Waals surface area contributed by atoms with Gasteiger partial charge in [0.15, 0.2) is 11.5 Å². The van der Waals surface area contributed by atoms with Crippen LogP contribution < -0.4 is 10.1 Å². The quantitative estimate of drug-likeness (QED) is 0.422. The molecule has 5 aromatic rings. The molecular weight excluding hydrogens is 457 g/mol. The topological polar surface area (TPSA) is 73.0 Å². The molecule has 2 aliphatic rings. The van der Waals surface area contributed by atoms with Gasteiger partial charge in [-0.25, -0.2) is 19.0 Å². The summed E-state index contributed by atoms with van der Waals surface area (Å²) in [6.07, 6.45) is 3.55. The van der Waals surface area contributed by atoms with E-state index in [1.54, 1.807) is 23.0 Å². The van der Waals surface area contributed by atoms with Crippen molar-refractivity contribution in [1.82, 2.24) is 34.5 Å². The molecule has 0 radical (unpaired) electrons. The van der Waals surface area contributed by atoms with Crippen LogP contribution in [0.25, 0.3) is 34.1 Å². The number of hydrogen-bond donors (Lipinski definition) is 1. The van der Waals surface area contributed by atoms with E-state index in [0.717, 1.165) is 37.6 Å². The van der Waals surface area contributed by atoms with Crippen molar-refractivity contribution in [2.45, 2.75) is 6.04 Å². The second kappa shape index (κ2) is 8.54. The lowest BCUT2D eigenvalue weighted by atomic mass is 10.1. The first-order chi connectivity index (χ1) is 17.8. The Morgan fingerprint density at radius 1 is 0.972 bits per heavy atom. The number of nitrogens with one attached hydrogen (secondary N) is 1. The average molecular weight is 482 g/mol. The lowest BCUT2D eigenvalue weighted by Crippen LogP contribution is -2.45. The monoisotopic (exact) mass is 481 g/mol. The average Bonchev–Trinajstić information content (AvgIpc) is 3.67. The molecule has 9 heteroatoms. The molecule has 1 saturated heterocycles. The fourth-order valence-corrected chi connectivity index (χ4v) is 5.16. The normalized spacial score (nSPS) is 17.9. The molecule has 0 saturated carbocycles. The highest BCUT2D eigenvalue weighted by atomic mass is 19.1. The summed E-state index contributed by atoms with van der Waals surface area (Å²) >= 11 is 0. The van der Waals surface area contributed by atoms with Crippen LogP contribution in [0, 0.1) is 5.82 Å². The Morgan fingerprint density at radius 2 is 1.86 bits per heavy atom. The van der Waals surface area contributed by atoms with Crippen LogP contribution in [0.3, 0.4) is 0 Å². The molecule has 180 valence electrons. The van der Waals surface area contributed by atoms with E-state index in [1.165, 1.54) is 11.6 Å². The highest BCUT2D eigenvalue weighted by Gasteiger charge is 2.31. The minimum atomic E-state index is -0.336. The minimum Gasteiger partial charge on any atom is -0.491 e. The molecular formula is C27H24FN7O. The van der Waals surface area contributed by atoms with E-state index in [2.05, 4.69) is 27.4 Å². The second-order valence-corrected chi connectivity index (χ2v) is 9.05. The molecule has 0 amide bonds. The molecule has 7 rings (SSSR count). The number of halogens is 1. The summed E-state index contributed by atoms with van der Waals surface area (Å²) in [5.41, 5.74) is 3.71. The van der Waals surface area contributed by atoms with Crippen molar-refractivity contribution in [1.29, 1.82) is 0 Å². The Kier molecular flexibility index (Phi) is 5.04. The maximum atomic E-state index is 15.0. The molecule has 2 aliphatic heterocycles. The van der Waals surface area contributed by atoms with E-state index in [1.807, 2.05) is 41.1 Å². The molecule has 36 heavy (non-hydrogen) atoms. The summed E-state index contributed by atoms with van der Waals surface area (Å²) in [5, 5.41) is 7.72. The molecule has 1 fully saturated rings.